The number of aromatic amines is 1. The SMILES string of the molecule is CCCn1c(N)c(N(CCOC)C(=O)CCC(C)C)c(=O)[nH]c1=O. The molecule has 0 radical (unpaired) electrons. The number of H-pyrrole nitrogens is 1. The quantitative estimate of drug-likeness (QED) is 0.695. The molecule has 0 saturated carbocycles. The van der Waals surface area contributed by atoms with Gasteiger partial charge >= 0.3 is 5.69 Å². The molecule has 24 heavy (non-hydrogen) atoms. The van der Waals surface area contributed by atoms with Crippen molar-refractivity contribution in [3.63, 3.8) is 0 Å². The minimum absolute atomic E-state index is 0.0135. The number of hydrogen-bond donors (Lipinski definition) is 2. The zero-order valence-electron chi connectivity index (χ0n) is 14.9. The van der Waals surface area contributed by atoms with Crippen molar-refractivity contribution >= 4 is 17.4 Å². The van der Waals surface area contributed by atoms with E-state index in [0.717, 1.165) is 0 Å². The highest BCUT2D eigenvalue weighted by Gasteiger charge is 2.23. The number of aromatic nitrogens is 2. The Balaban J connectivity index is 3.31. The standard InChI is InChI=1S/C16H28N4O4/c1-5-8-20-14(17)13(15(22)18-16(20)23)19(9-10-24-4)12(21)7-6-11(2)3/h11H,5-10,17H2,1-4H3,(H,18,22,23). The average Bonchev–Trinajstić information content (AvgIpc) is 2.52. The fraction of sp³-hybridized carbons (Fsp3) is 0.688. The molecule has 0 spiro atoms. The van der Waals surface area contributed by atoms with Crippen molar-refractivity contribution in [2.75, 3.05) is 30.9 Å². The Bertz CT molecular complexity index is 663. The van der Waals surface area contributed by atoms with E-state index in [2.05, 4.69) is 4.98 Å². The first-order valence-electron chi connectivity index (χ1n) is 8.25. The van der Waals surface area contributed by atoms with Gasteiger partial charge in [-0.15, -0.1) is 0 Å². The van der Waals surface area contributed by atoms with Crippen LogP contribution in [0.3, 0.4) is 0 Å². The van der Waals surface area contributed by atoms with E-state index >= 15 is 0 Å². The van der Waals surface area contributed by atoms with Crippen LogP contribution in [0.4, 0.5) is 11.5 Å². The smallest absolute Gasteiger partial charge is 0.330 e. The largest absolute Gasteiger partial charge is 0.383 e. The monoisotopic (exact) mass is 340 g/mol. The van der Waals surface area contributed by atoms with Crippen LogP contribution in [0.5, 0.6) is 0 Å². The van der Waals surface area contributed by atoms with Crippen molar-refractivity contribution in [1.82, 2.24) is 9.55 Å². The first kappa shape index (κ1) is 20.0. The van der Waals surface area contributed by atoms with Crippen LogP contribution in [0.25, 0.3) is 0 Å². The minimum Gasteiger partial charge on any atom is -0.383 e. The van der Waals surface area contributed by atoms with Gasteiger partial charge in [-0.2, -0.15) is 0 Å². The number of nitrogen functional groups attached to an aromatic ring is 1. The summed E-state index contributed by atoms with van der Waals surface area (Å²) in [6.07, 6.45) is 1.68. The molecule has 0 bridgehead atoms. The van der Waals surface area contributed by atoms with Gasteiger partial charge in [0.1, 0.15) is 5.82 Å². The lowest BCUT2D eigenvalue weighted by Gasteiger charge is -2.24. The van der Waals surface area contributed by atoms with Crippen LogP contribution in [0.1, 0.15) is 40.0 Å². The molecule has 0 aliphatic carbocycles. The number of carbonyl (C=O) groups excluding carboxylic acids is 1. The van der Waals surface area contributed by atoms with Gasteiger partial charge < -0.3 is 15.4 Å². The maximum atomic E-state index is 12.6. The predicted molar refractivity (Wildman–Crippen MR) is 94.3 cm³/mol. The van der Waals surface area contributed by atoms with Crippen molar-refractivity contribution in [3.05, 3.63) is 20.8 Å². The zero-order chi connectivity index (χ0) is 18.3. The zero-order valence-corrected chi connectivity index (χ0v) is 14.9. The molecule has 0 unspecified atom stereocenters. The summed E-state index contributed by atoms with van der Waals surface area (Å²) >= 11 is 0. The molecule has 0 fully saturated rings. The van der Waals surface area contributed by atoms with Gasteiger partial charge in [0, 0.05) is 26.6 Å². The molecule has 8 nitrogen and oxygen atoms in total. The molecular formula is C16H28N4O4. The number of methoxy groups -OCH3 is 1. The van der Waals surface area contributed by atoms with E-state index in [-0.39, 0.29) is 30.6 Å². The van der Waals surface area contributed by atoms with Crippen LogP contribution in [-0.4, -0.2) is 35.7 Å². The lowest BCUT2D eigenvalue weighted by Crippen LogP contribution is -2.42. The van der Waals surface area contributed by atoms with Gasteiger partial charge in [0.25, 0.3) is 5.56 Å². The normalized spacial score (nSPS) is 11.0. The van der Waals surface area contributed by atoms with Crippen molar-refractivity contribution < 1.29 is 9.53 Å². The molecule has 136 valence electrons. The molecule has 0 aliphatic heterocycles. The van der Waals surface area contributed by atoms with Crippen molar-refractivity contribution in [2.45, 2.75) is 46.6 Å². The summed E-state index contributed by atoms with van der Waals surface area (Å²) in [5, 5.41) is 0. The molecule has 0 atom stereocenters. The molecule has 1 rings (SSSR count). The number of nitrogens with one attached hydrogen (secondary N) is 1. The van der Waals surface area contributed by atoms with E-state index in [0.29, 0.717) is 31.7 Å². The van der Waals surface area contributed by atoms with Crippen molar-refractivity contribution in [2.24, 2.45) is 5.92 Å². The van der Waals surface area contributed by atoms with Gasteiger partial charge in [-0.1, -0.05) is 20.8 Å². The highest BCUT2D eigenvalue weighted by atomic mass is 16.5. The van der Waals surface area contributed by atoms with Gasteiger partial charge in [0.05, 0.1) is 6.61 Å². The van der Waals surface area contributed by atoms with Crippen LogP contribution in [0.15, 0.2) is 9.59 Å². The number of hydrogen-bond acceptors (Lipinski definition) is 5. The van der Waals surface area contributed by atoms with Crippen LogP contribution in [0, 0.1) is 5.92 Å². The molecule has 1 aromatic heterocycles. The number of ether oxygens (including phenoxy) is 1. The maximum Gasteiger partial charge on any atom is 0.330 e. The second-order valence-corrected chi connectivity index (χ2v) is 6.12. The molecule has 0 aliphatic rings. The predicted octanol–water partition coefficient (Wildman–Crippen LogP) is 0.944. The van der Waals surface area contributed by atoms with Crippen molar-refractivity contribution in [1.29, 1.82) is 0 Å². The van der Waals surface area contributed by atoms with Crippen LogP contribution >= 0.6 is 0 Å². The van der Waals surface area contributed by atoms with Crippen LogP contribution in [0.2, 0.25) is 0 Å². The second-order valence-electron chi connectivity index (χ2n) is 6.12. The third-order valence-corrected chi connectivity index (χ3v) is 3.69. The van der Waals surface area contributed by atoms with Gasteiger partial charge in [0.2, 0.25) is 5.91 Å². The highest BCUT2D eigenvalue weighted by Crippen LogP contribution is 2.19. The lowest BCUT2D eigenvalue weighted by atomic mass is 10.1. The summed E-state index contributed by atoms with van der Waals surface area (Å²) in [5.41, 5.74) is 4.85. The number of anilines is 2. The minimum atomic E-state index is -0.654. The summed E-state index contributed by atoms with van der Waals surface area (Å²) in [5.74, 6) is 0.169. The fourth-order valence-corrected chi connectivity index (χ4v) is 2.37. The molecule has 1 heterocycles. The summed E-state index contributed by atoms with van der Waals surface area (Å²) in [4.78, 5) is 40.4. The van der Waals surface area contributed by atoms with Crippen LogP contribution < -0.4 is 21.9 Å². The van der Waals surface area contributed by atoms with Gasteiger partial charge in [0.15, 0.2) is 5.69 Å². The Morgan fingerprint density at radius 2 is 2.04 bits per heavy atom. The Morgan fingerprint density at radius 3 is 2.58 bits per heavy atom. The Morgan fingerprint density at radius 1 is 1.38 bits per heavy atom. The Hall–Kier alpha value is -2.09. The fourth-order valence-electron chi connectivity index (χ4n) is 2.37. The summed E-state index contributed by atoms with van der Waals surface area (Å²) < 4.78 is 6.32. The molecular weight excluding hydrogens is 312 g/mol. The molecule has 1 amide bonds. The molecule has 8 heteroatoms. The van der Waals surface area contributed by atoms with Gasteiger partial charge in [-0.3, -0.25) is 19.1 Å². The van der Waals surface area contributed by atoms with E-state index in [9.17, 15) is 14.4 Å². The number of nitrogens with zero attached hydrogens (tertiary/aromatic N) is 2. The third-order valence-electron chi connectivity index (χ3n) is 3.69. The number of rotatable bonds is 9. The first-order valence-corrected chi connectivity index (χ1v) is 8.25. The summed E-state index contributed by atoms with van der Waals surface area (Å²) in [7, 11) is 1.52. The van der Waals surface area contributed by atoms with Crippen molar-refractivity contribution in [3.8, 4) is 0 Å². The number of amides is 1. The van der Waals surface area contributed by atoms with Gasteiger partial charge in [-0.25, -0.2) is 4.79 Å². The third kappa shape index (κ3) is 4.95. The lowest BCUT2D eigenvalue weighted by molar-refractivity contribution is -0.119. The van der Waals surface area contributed by atoms with E-state index in [4.69, 9.17) is 10.5 Å². The van der Waals surface area contributed by atoms with E-state index in [1.54, 1.807) is 0 Å². The topological polar surface area (TPSA) is 110 Å². The number of nitrogens with two attached hydrogens (primary N) is 1. The number of carbonyl (C=O) groups is 1. The van der Waals surface area contributed by atoms with Gasteiger partial charge in [-0.05, 0) is 18.8 Å². The summed E-state index contributed by atoms with van der Waals surface area (Å²) in [6.45, 7) is 6.77. The molecule has 1 aromatic rings. The highest BCUT2D eigenvalue weighted by molar-refractivity contribution is 5.95. The van der Waals surface area contributed by atoms with Crippen LogP contribution in [-0.2, 0) is 16.1 Å². The second kappa shape index (κ2) is 9.27. The maximum absolute atomic E-state index is 12.6. The molecule has 3 N–H and O–H groups in total. The molecule has 0 saturated heterocycles. The Kier molecular flexibility index (Phi) is 7.70. The Labute approximate surface area is 141 Å². The summed E-state index contributed by atoms with van der Waals surface area (Å²) in [6, 6.07) is 0. The van der Waals surface area contributed by atoms with E-state index in [1.807, 2.05) is 20.8 Å². The van der Waals surface area contributed by atoms with E-state index in [1.165, 1.54) is 16.6 Å². The average molecular weight is 340 g/mol. The van der Waals surface area contributed by atoms with E-state index < -0.39 is 11.2 Å². The first-order chi connectivity index (χ1) is 11.3. The molecule has 0 aromatic carbocycles.